The van der Waals surface area contributed by atoms with E-state index in [0.717, 1.165) is 35.8 Å². The Hall–Kier alpha value is -3.12. The van der Waals surface area contributed by atoms with Gasteiger partial charge in [-0.1, -0.05) is 92.8 Å². The van der Waals surface area contributed by atoms with Gasteiger partial charge in [-0.15, -0.1) is 12.4 Å². The number of hydrogen-bond acceptors (Lipinski definition) is 6. The van der Waals surface area contributed by atoms with Gasteiger partial charge in [0.05, 0.1) is 12.6 Å². The lowest BCUT2D eigenvalue weighted by Crippen LogP contribution is -2.60. The van der Waals surface area contributed by atoms with Crippen LogP contribution in [0, 0.1) is 29.6 Å². The molecule has 0 heterocycles. The number of amides is 4. The topological polar surface area (TPSA) is 174 Å². The molecule has 286 valence electrons. The molecule has 5 aliphatic rings. The van der Waals surface area contributed by atoms with E-state index >= 15 is 0 Å². The molecule has 7 rings (SSSR count). The Morgan fingerprint density at radius 2 is 1.33 bits per heavy atom. The van der Waals surface area contributed by atoms with Gasteiger partial charge in [-0.2, -0.15) is 11.8 Å². The summed E-state index contributed by atoms with van der Waals surface area (Å²) in [5.74, 6) is 2.66. The predicted molar refractivity (Wildman–Crippen MR) is 209 cm³/mol. The van der Waals surface area contributed by atoms with Gasteiger partial charge in [-0.25, -0.2) is 0 Å². The molecule has 0 spiro atoms. The normalized spacial score (nSPS) is 25.0. The van der Waals surface area contributed by atoms with Crippen molar-refractivity contribution in [3.8, 4) is 0 Å². The first-order chi connectivity index (χ1) is 24.3. The summed E-state index contributed by atoms with van der Waals surface area (Å²) in [5.41, 5.74) is 8.41. The fourth-order valence-electron chi connectivity index (χ4n) is 9.24. The van der Waals surface area contributed by atoms with Gasteiger partial charge in [-0.3, -0.25) is 19.2 Å². The van der Waals surface area contributed by atoms with Gasteiger partial charge in [-0.05, 0) is 79.2 Å². The molecule has 4 amide bonds. The van der Waals surface area contributed by atoms with Crippen molar-refractivity contribution in [2.45, 2.75) is 107 Å². The van der Waals surface area contributed by atoms with E-state index in [1.54, 1.807) is 0 Å². The third-order valence-electron chi connectivity index (χ3n) is 11.6. The van der Waals surface area contributed by atoms with Crippen molar-refractivity contribution >= 4 is 47.8 Å². The average molecular weight is 756 g/mol. The summed E-state index contributed by atoms with van der Waals surface area (Å²) in [4.78, 5) is 53.9. The maximum atomic E-state index is 13.8. The minimum Gasteiger partial charge on any atom is -0.412 e. The number of carbonyl (C=O) groups excluding carboxylic acids is 4. The number of nitrogens with two attached hydrogens (primary N) is 1. The van der Waals surface area contributed by atoms with E-state index in [1.807, 2.05) is 60.7 Å². The summed E-state index contributed by atoms with van der Waals surface area (Å²) in [6.45, 7) is -0.306. The van der Waals surface area contributed by atoms with E-state index in [4.69, 9.17) is 5.73 Å². The van der Waals surface area contributed by atoms with Crippen LogP contribution in [0.1, 0.15) is 81.8 Å². The third kappa shape index (κ3) is 11.7. The number of thioether (sulfide) groups is 1. The Morgan fingerprint density at radius 3 is 1.94 bits per heavy atom. The minimum absolute atomic E-state index is 0. The lowest BCUT2D eigenvalue weighted by molar-refractivity contribution is -0.132. The standard InChI is InChI=1S/C40H55N5O4S.ClH.H2O/c41-33(21-26-10-4-1-5-11-26)38(47)44-35(25-50-24-28-14-8-3-9-15-28)39(48)42-23-36(46)43-34(22-27-12-6-2-7-13-27)40(49)45-37-31-17-29-16-30(19-31)20-32(37)18-29;;/h2-3,6-9,12-15,26,29-35,37H,1,4-5,10-11,16-25,41H2,(H,42,48)(H,43,46)(H,44,47)(H,45,49);1H;1H2/t29?,30?,31?,32?,33-,34-,35+,37?;;/m0../s1. The number of halogens is 1. The summed E-state index contributed by atoms with van der Waals surface area (Å²) in [6.07, 6.45) is 12.8. The number of nitrogens with one attached hydrogen (secondary N) is 4. The van der Waals surface area contributed by atoms with Crippen LogP contribution in [0.4, 0.5) is 0 Å². The van der Waals surface area contributed by atoms with Crippen molar-refractivity contribution in [3.05, 3.63) is 71.8 Å². The van der Waals surface area contributed by atoms with Crippen molar-refractivity contribution in [3.63, 3.8) is 0 Å². The second kappa shape index (κ2) is 20.4. The largest absolute Gasteiger partial charge is 0.412 e. The molecule has 2 aromatic carbocycles. The van der Waals surface area contributed by atoms with Crippen molar-refractivity contribution in [1.29, 1.82) is 0 Å². The zero-order chi connectivity index (χ0) is 34.9. The summed E-state index contributed by atoms with van der Waals surface area (Å²) < 4.78 is 0. The van der Waals surface area contributed by atoms with Crippen LogP contribution < -0.4 is 27.0 Å². The van der Waals surface area contributed by atoms with Gasteiger partial charge in [0.15, 0.2) is 0 Å². The number of benzene rings is 2. The first kappa shape index (κ1) is 41.6. The summed E-state index contributed by atoms with van der Waals surface area (Å²) in [5, 5.41) is 11.9. The maximum Gasteiger partial charge on any atom is 0.243 e. The van der Waals surface area contributed by atoms with Crippen LogP contribution in [0.25, 0.3) is 0 Å². The van der Waals surface area contributed by atoms with Crippen LogP contribution in [0.15, 0.2) is 60.7 Å². The van der Waals surface area contributed by atoms with Crippen molar-refractivity contribution < 1.29 is 24.7 Å². The van der Waals surface area contributed by atoms with Crippen LogP contribution in [0.5, 0.6) is 0 Å². The van der Waals surface area contributed by atoms with Crippen LogP contribution in [0.2, 0.25) is 0 Å². The number of hydrogen-bond donors (Lipinski definition) is 5. The van der Waals surface area contributed by atoms with Gasteiger partial charge < -0.3 is 32.5 Å². The molecular formula is C40H58ClN5O5S. The molecule has 8 N–H and O–H groups in total. The Morgan fingerprint density at radius 1 is 0.731 bits per heavy atom. The van der Waals surface area contributed by atoms with E-state index in [2.05, 4.69) is 21.3 Å². The van der Waals surface area contributed by atoms with E-state index in [-0.39, 0.29) is 42.3 Å². The Balaban J connectivity index is 0.00000302. The quantitative estimate of drug-likeness (QED) is 0.173. The van der Waals surface area contributed by atoms with Crippen LogP contribution in [-0.4, -0.2) is 65.6 Å². The molecule has 12 heteroatoms. The number of carbonyl (C=O) groups is 4. The monoisotopic (exact) mass is 755 g/mol. The van der Waals surface area contributed by atoms with Crippen LogP contribution in [-0.2, 0) is 31.4 Å². The SMILES string of the molecule is Cl.N[C@@H](CC1CCCCC1)C(=O)N[C@H](CSCc1ccccc1)C(=O)NCC(=O)N[C@@H](Cc1ccccc1)C(=O)NC1C2CC3CC(C2)CC1C3.O. The molecule has 0 radical (unpaired) electrons. The van der Waals surface area contributed by atoms with E-state index in [0.29, 0.717) is 42.1 Å². The fourth-order valence-corrected chi connectivity index (χ4v) is 10.3. The Bertz CT molecular complexity index is 1420. The maximum absolute atomic E-state index is 13.8. The van der Waals surface area contributed by atoms with Crippen molar-refractivity contribution in [2.75, 3.05) is 12.3 Å². The van der Waals surface area contributed by atoms with E-state index < -0.39 is 29.9 Å². The highest BCUT2D eigenvalue weighted by atomic mass is 35.5. The van der Waals surface area contributed by atoms with Gasteiger partial charge in [0.25, 0.3) is 0 Å². The third-order valence-corrected chi connectivity index (χ3v) is 12.7. The van der Waals surface area contributed by atoms with Gasteiger partial charge in [0.2, 0.25) is 23.6 Å². The zero-order valence-corrected chi connectivity index (χ0v) is 31.7. The summed E-state index contributed by atoms with van der Waals surface area (Å²) in [6, 6.07) is 17.5. The molecule has 4 bridgehead atoms. The molecule has 0 saturated heterocycles. The molecule has 5 fully saturated rings. The molecule has 5 aliphatic carbocycles. The highest BCUT2D eigenvalue weighted by Gasteiger charge is 2.49. The number of rotatable bonds is 16. The minimum atomic E-state index is -0.859. The van der Waals surface area contributed by atoms with Crippen molar-refractivity contribution in [1.82, 2.24) is 21.3 Å². The predicted octanol–water partition coefficient (Wildman–Crippen LogP) is 4.08. The first-order valence-electron chi connectivity index (χ1n) is 18.9. The zero-order valence-electron chi connectivity index (χ0n) is 30.1. The summed E-state index contributed by atoms with van der Waals surface area (Å²) >= 11 is 1.54. The van der Waals surface area contributed by atoms with Crippen LogP contribution in [0.3, 0.4) is 0 Å². The molecule has 2 aromatic rings. The second-order valence-corrected chi connectivity index (χ2v) is 16.4. The highest BCUT2D eigenvalue weighted by Crippen LogP contribution is 2.53. The Labute approximate surface area is 319 Å². The molecule has 52 heavy (non-hydrogen) atoms. The fraction of sp³-hybridized carbons (Fsp3) is 0.600. The molecule has 0 aromatic heterocycles. The van der Waals surface area contributed by atoms with Gasteiger partial charge in [0, 0.05) is 24.0 Å². The average Bonchev–Trinajstić information content (AvgIpc) is 3.12. The molecule has 10 nitrogen and oxygen atoms in total. The lowest BCUT2D eigenvalue weighted by atomic mass is 9.54. The molecule has 0 unspecified atom stereocenters. The molecule has 5 saturated carbocycles. The Kier molecular flexibility index (Phi) is 16.3. The second-order valence-electron chi connectivity index (χ2n) is 15.4. The van der Waals surface area contributed by atoms with E-state index in [1.165, 1.54) is 63.1 Å². The highest BCUT2D eigenvalue weighted by molar-refractivity contribution is 7.98. The van der Waals surface area contributed by atoms with Gasteiger partial charge in [0.1, 0.15) is 12.1 Å². The molecule has 3 atom stereocenters. The summed E-state index contributed by atoms with van der Waals surface area (Å²) in [7, 11) is 0. The lowest BCUT2D eigenvalue weighted by Gasteiger charge is -2.54. The van der Waals surface area contributed by atoms with Crippen molar-refractivity contribution in [2.24, 2.45) is 35.3 Å². The van der Waals surface area contributed by atoms with E-state index in [9.17, 15) is 19.2 Å². The molecule has 0 aliphatic heterocycles. The molecular weight excluding hydrogens is 698 g/mol. The first-order valence-corrected chi connectivity index (χ1v) is 20.0. The van der Waals surface area contributed by atoms with Gasteiger partial charge >= 0.3 is 0 Å². The smallest absolute Gasteiger partial charge is 0.243 e. The van der Waals surface area contributed by atoms with Crippen LogP contribution >= 0.6 is 24.2 Å².